The van der Waals surface area contributed by atoms with Gasteiger partial charge < -0.3 is 44.8 Å². The number of nitrogens with one attached hydrogen (secondary N) is 1. The maximum atomic E-state index is 14.3. The highest BCUT2D eigenvalue weighted by atomic mass is 35.5. The Morgan fingerprint density at radius 2 is 1.57 bits per heavy atom. The van der Waals surface area contributed by atoms with Crippen LogP contribution in [0.25, 0.3) is 27.8 Å². The number of hydrogen-bond acceptors (Lipinski definition) is 16. The molecule has 5 aliphatic heterocycles. The van der Waals surface area contributed by atoms with Gasteiger partial charge in [0.1, 0.15) is 30.5 Å². The quantitative estimate of drug-likeness (QED) is 0.0798. The maximum absolute atomic E-state index is 14.3. The smallest absolute Gasteiger partial charge is 0.405 e. The number of likely N-dealkylation sites (tertiary alicyclic amines) is 2. The minimum absolute atomic E-state index is 0.0146. The maximum Gasteiger partial charge on any atom is 0.405 e. The number of nitrogens with zero attached hydrogens (tertiary/aromatic N) is 13. The molecule has 0 spiro atoms. The highest BCUT2D eigenvalue weighted by Crippen LogP contribution is 2.40. The number of fused-ring (bicyclic) bond motifs is 2. The van der Waals surface area contributed by atoms with Crippen molar-refractivity contribution in [3.8, 4) is 40.7 Å². The number of halogens is 4. The van der Waals surface area contributed by atoms with Crippen LogP contribution in [-0.2, 0) is 33.9 Å². The third kappa shape index (κ3) is 13.3. The van der Waals surface area contributed by atoms with E-state index in [-0.39, 0.29) is 89.6 Å². The van der Waals surface area contributed by atoms with Gasteiger partial charge in [0, 0.05) is 99.3 Å². The molecule has 6 aromatic rings. The summed E-state index contributed by atoms with van der Waals surface area (Å²) in [5.41, 5.74) is 4.67. The van der Waals surface area contributed by atoms with E-state index in [2.05, 4.69) is 48.5 Å². The van der Waals surface area contributed by atoms with E-state index in [1.807, 2.05) is 78.5 Å². The number of piperazine rings is 2. The van der Waals surface area contributed by atoms with Gasteiger partial charge >= 0.3 is 12.2 Å². The molecule has 0 unspecified atom stereocenters. The third-order valence-corrected chi connectivity index (χ3v) is 18.4. The van der Waals surface area contributed by atoms with Crippen LogP contribution in [0.2, 0.25) is 5.02 Å². The van der Waals surface area contributed by atoms with Gasteiger partial charge in [-0.3, -0.25) is 33.5 Å². The Morgan fingerprint density at radius 3 is 2.27 bits per heavy atom. The fraction of sp³-hybridized carbons (Fsp3) is 0.453. The number of amides is 4. The predicted octanol–water partition coefficient (Wildman–Crippen LogP) is 7.46. The fourth-order valence-electron chi connectivity index (χ4n) is 13.2. The third-order valence-electron chi connectivity index (χ3n) is 18.1. The fourth-order valence-corrected chi connectivity index (χ4v) is 13.5. The molecule has 4 fully saturated rings. The Kier molecular flexibility index (Phi) is 18.3. The summed E-state index contributed by atoms with van der Waals surface area (Å²) >= 11 is 6.81. The first-order chi connectivity index (χ1) is 42.8. The summed E-state index contributed by atoms with van der Waals surface area (Å²) in [5, 5.41) is 43.8. The molecule has 4 amide bonds. The van der Waals surface area contributed by atoms with Crippen molar-refractivity contribution in [2.45, 2.75) is 95.7 Å². The summed E-state index contributed by atoms with van der Waals surface area (Å²) in [6.07, 6.45) is 0.0657. The summed E-state index contributed by atoms with van der Waals surface area (Å²) in [6.45, 7) is 12.1. The van der Waals surface area contributed by atoms with Gasteiger partial charge in [-0.25, -0.2) is 0 Å². The molecule has 25 heteroatoms. The van der Waals surface area contributed by atoms with E-state index in [4.69, 9.17) is 26.3 Å². The molecule has 4 aromatic carbocycles. The van der Waals surface area contributed by atoms with Gasteiger partial charge in [-0.05, 0) is 111 Å². The van der Waals surface area contributed by atoms with E-state index in [1.54, 1.807) is 17.0 Å². The number of rotatable bonds is 16. The molecule has 0 bridgehead atoms. The molecular formula is C64H72ClF3N14O7. The molecular weight excluding hydrogens is 1170 g/mol. The molecule has 5 aliphatic rings. The van der Waals surface area contributed by atoms with Gasteiger partial charge in [0.05, 0.1) is 47.4 Å². The minimum atomic E-state index is -4.68. The normalized spacial score (nSPS) is 19.6. The minimum Gasteiger partial charge on any atom is -0.508 e. The predicted molar refractivity (Wildman–Crippen MR) is 328 cm³/mol. The number of phenols is 2. The van der Waals surface area contributed by atoms with Crippen molar-refractivity contribution in [3.63, 3.8) is 0 Å². The van der Waals surface area contributed by atoms with E-state index < -0.39 is 24.5 Å². The average Bonchev–Trinajstić information content (AvgIpc) is 2.08. The van der Waals surface area contributed by atoms with Crippen LogP contribution in [0.5, 0.6) is 17.5 Å². The highest BCUT2D eigenvalue weighted by Gasteiger charge is 2.41. The Hall–Kier alpha value is -8.53. The second kappa shape index (κ2) is 26.3. The number of nitriles is 1. The van der Waals surface area contributed by atoms with Gasteiger partial charge in [-0.1, -0.05) is 68.4 Å². The zero-order valence-electron chi connectivity index (χ0n) is 50.0. The standard InChI is InChI=1S/C64H72ClF3N14O7/c1-5-55(85)81-31-30-80(35-44(81)18-22-69)57-46-21-25-79(51-11-7-9-41-8-6-10-49(65)56(41)51)36-50(46)71-63(72-57)89-37-45-16-17-52(75(45)4)62(88)78-28-26-77(27-29-78)61(87)42-19-23-76(24-20-42)34-40-12-14-43(15-13-40)82-58(48-32-47(39(2)3)53(83)33-54(48)84)73-74-59(82)60(86)70-38-64(66,67)68/h5-15,32-33,39,42,44-45,52,83-84H,1,16-21,23-31,34-38H2,2-4H3,(H,70,86)/t44-,45-,52+/m0/s1. The lowest BCUT2D eigenvalue weighted by Gasteiger charge is -2.42. The number of carbonyl (C=O) groups excluding carboxylic acids is 4. The van der Waals surface area contributed by atoms with E-state index in [9.17, 15) is 47.8 Å². The zero-order chi connectivity index (χ0) is 62.8. The molecule has 21 nitrogen and oxygen atoms in total. The van der Waals surface area contributed by atoms with Crippen LogP contribution in [0.3, 0.4) is 0 Å². The summed E-state index contributed by atoms with van der Waals surface area (Å²) in [7, 11) is 1.95. The summed E-state index contributed by atoms with van der Waals surface area (Å²) < 4.78 is 47.3. The summed E-state index contributed by atoms with van der Waals surface area (Å²) in [4.78, 5) is 78.6. The molecule has 0 aliphatic carbocycles. The molecule has 0 saturated carbocycles. The van der Waals surface area contributed by atoms with Crippen LogP contribution < -0.4 is 19.9 Å². The van der Waals surface area contributed by atoms with Crippen molar-refractivity contribution >= 4 is 57.5 Å². The SMILES string of the molecule is C=CC(=O)N1CCN(c2nc(OC[C@@H]3CC[C@H](C(=O)N4CCN(C(=O)C5CCN(Cc6ccc(-n7c(C(=O)NCC(F)(F)F)nnc7-c7cc(C(C)C)c(O)cc7O)cc6)CC5)CC4)N3C)nc3c2CCN(c2cccc4cccc(Cl)c24)C3)C[C@@H]1CC#N. The monoisotopic (exact) mass is 1240 g/mol. The Bertz CT molecular complexity index is 3690. The molecule has 4 saturated heterocycles. The van der Waals surface area contributed by atoms with Crippen LogP contribution in [0, 0.1) is 17.2 Å². The molecule has 2 aromatic heterocycles. The number of likely N-dealkylation sites (N-methyl/N-ethyl adjacent to an activating group) is 1. The molecule has 0 radical (unpaired) electrons. The Labute approximate surface area is 518 Å². The number of phenolic OH excluding ortho intramolecular Hbond substituents is 2. The van der Waals surface area contributed by atoms with Gasteiger partial charge in [0.25, 0.3) is 5.91 Å². The molecule has 468 valence electrons. The second-order valence-corrected chi connectivity index (χ2v) is 24.3. The number of alkyl halides is 3. The number of benzene rings is 4. The van der Waals surface area contributed by atoms with E-state index in [0.29, 0.717) is 127 Å². The van der Waals surface area contributed by atoms with Crippen molar-refractivity contribution in [2.75, 3.05) is 95.4 Å². The summed E-state index contributed by atoms with van der Waals surface area (Å²) in [5.74, 6) is -1.80. The Balaban J connectivity index is 0.688. The number of aromatic hydroxyl groups is 2. The van der Waals surface area contributed by atoms with Crippen molar-refractivity contribution in [2.24, 2.45) is 5.92 Å². The van der Waals surface area contributed by atoms with Crippen LogP contribution in [0.1, 0.15) is 84.9 Å². The molecule has 7 heterocycles. The lowest BCUT2D eigenvalue weighted by Crippen LogP contribution is -2.56. The van der Waals surface area contributed by atoms with E-state index >= 15 is 0 Å². The second-order valence-electron chi connectivity index (χ2n) is 23.9. The molecule has 3 N–H and O–H groups in total. The largest absolute Gasteiger partial charge is 0.508 e. The van der Waals surface area contributed by atoms with Crippen LogP contribution >= 0.6 is 11.6 Å². The Morgan fingerprint density at radius 1 is 0.854 bits per heavy atom. The van der Waals surface area contributed by atoms with Crippen LogP contribution in [-0.4, -0.2) is 193 Å². The topological polar surface area (TPSA) is 233 Å². The average molecular weight is 1240 g/mol. The van der Waals surface area contributed by atoms with Gasteiger partial charge in [-0.2, -0.15) is 28.4 Å². The van der Waals surface area contributed by atoms with Gasteiger partial charge in [0.2, 0.25) is 23.5 Å². The van der Waals surface area contributed by atoms with Gasteiger partial charge in [0.15, 0.2) is 5.82 Å². The van der Waals surface area contributed by atoms with Crippen LogP contribution in [0.15, 0.2) is 85.5 Å². The lowest BCUT2D eigenvalue weighted by molar-refractivity contribution is -0.145. The number of piperidine rings is 1. The summed E-state index contributed by atoms with van der Waals surface area (Å²) in [6, 6.07) is 23.4. The molecule has 89 heavy (non-hydrogen) atoms. The first-order valence-electron chi connectivity index (χ1n) is 30.2. The molecule has 11 rings (SSSR count). The van der Waals surface area contributed by atoms with E-state index in [0.717, 1.165) is 45.2 Å². The number of aromatic nitrogens is 5. The number of anilines is 2. The highest BCUT2D eigenvalue weighted by molar-refractivity contribution is 6.36. The lowest BCUT2D eigenvalue weighted by atomic mass is 9.94. The number of hydrogen-bond donors (Lipinski definition) is 3. The van der Waals surface area contributed by atoms with Crippen LogP contribution in [0.4, 0.5) is 24.7 Å². The first-order valence-corrected chi connectivity index (χ1v) is 30.6. The number of carbonyl (C=O) groups is 4. The van der Waals surface area contributed by atoms with E-state index in [1.165, 1.54) is 16.7 Å². The van der Waals surface area contributed by atoms with Crippen molar-refractivity contribution < 1.29 is 47.3 Å². The zero-order valence-corrected chi connectivity index (χ0v) is 50.8. The van der Waals surface area contributed by atoms with Crippen molar-refractivity contribution in [1.29, 1.82) is 5.26 Å². The number of ether oxygens (including phenoxy) is 1. The van der Waals surface area contributed by atoms with Crippen molar-refractivity contribution in [1.82, 2.24) is 54.5 Å². The first kappa shape index (κ1) is 62.1. The molecule has 3 atom stereocenters. The van der Waals surface area contributed by atoms with Gasteiger partial charge in [-0.15, -0.1) is 10.2 Å². The van der Waals surface area contributed by atoms with Crippen molar-refractivity contribution in [3.05, 3.63) is 119 Å².